The highest BCUT2D eigenvalue weighted by atomic mass is 16.5. The second kappa shape index (κ2) is 5.95. The largest absolute Gasteiger partial charge is 0.480 e. The Labute approximate surface area is 84.0 Å². The normalized spacial score (nSPS) is 21.5. The first-order valence-electron chi connectivity index (χ1n) is 4.92. The van der Waals surface area contributed by atoms with Crippen molar-refractivity contribution in [2.75, 3.05) is 39.9 Å². The van der Waals surface area contributed by atoms with Crippen LogP contribution in [0.3, 0.4) is 0 Å². The van der Waals surface area contributed by atoms with Gasteiger partial charge in [-0.3, -0.25) is 9.69 Å². The molecule has 82 valence electrons. The number of hydrogen-bond donors (Lipinski definition) is 2. The van der Waals surface area contributed by atoms with Crippen molar-refractivity contribution >= 4 is 5.97 Å². The Hall–Kier alpha value is -0.650. The lowest BCUT2D eigenvalue weighted by Crippen LogP contribution is -2.45. The van der Waals surface area contributed by atoms with Gasteiger partial charge in [-0.1, -0.05) is 0 Å². The van der Waals surface area contributed by atoms with Crippen LogP contribution in [0.25, 0.3) is 0 Å². The van der Waals surface area contributed by atoms with Crippen molar-refractivity contribution in [2.45, 2.75) is 12.5 Å². The van der Waals surface area contributed by atoms with E-state index in [0.717, 1.165) is 32.6 Å². The number of carboxylic acids is 1. The van der Waals surface area contributed by atoms with Crippen LogP contribution in [0.5, 0.6) is 0 Å². The molecule has 1 unspecified atom stereocenters. The first kappa shape index (κ1) is 11.4. The quantitative estimate of drug-likeness (QED) is 0.636. The van der Waals surface area contributed by atoms with E-state index in [1.165, 1.54) is 7.11 Å². The van der Waals surface area contributed by atoms with E-state index in [9.17, 15) is 4.79 Å². The summed E-state index contributed by atoms with van der Waals surface area (Å²) in [6.07, 6.45) is 0.994. The molecule has 2 N–H and O–H groups in total. The van der Waals surface area contributed by atoms with Gasteiger partial charge in [0.25, 0.3) is 0 Å². The van der Waals surface area contributed by atoms with Crippen LogP contribution in [0.15, 0.2) is 0 Å². The Morgan fingerprint density at radius 3 is 3.00 bits per heavy atom. The minimum Gasteiger partial charge on any atom is -0.480 e. The van der Waals surface area contributed by atoms with Crippen LogP contribution in [0.4, 0.5) is 0 Å². The summed E-state index contributed by atoms with van der Waals surface area (Å²) in [5.41, 5.74) is 0. The predicted octanol–water partition coefficient (Wildman–Crippen LogP) is -0.619. The van der Waals surface area contributed by atoms with Crippen molar-refractivity contribution in [3.05, 3.63) is 0 Å². The number of hydrogen-bond acceptors (Lipinski definition) is 4. The number of nitrogens with one attached hydrogen (secondary N) is 1. The predicted molar refractivity (Wildman–Crippen MR) is 52.4 cm³/mol. The molecule has 1 fully saturated rings. The van der Waals surface area contributed by atoms with Gasteiger partial charge < -0.3 is 15.2 Å². The summed E-state index contributed by atoms with van der Waals surface area (Å²) in [4.78, 5) is 12.9. The summed E-state index contributed by atoms with van der Waals surface area (Å²) in [5.74, 6) is -0.797. The molecule has 0 aromatic heterocycles. The maximum Gasteiger partial charge on any atom is 0.323 e. The van der Waals surface area contributed by atoms with Gasteiger partial charge in [-0.05, 0) is 13.0 Å². The third kappa shape index (κ3) is 3.25. The first-order valence-corrected chi connectivity index (χ1v) is 4.92. The van der Waals surface area contributed by atoms with E-state index >= 15 is 0 Å². The summed E-state index contributed by atoms with van der Waals surface area (Å²) in [6.45, 7) is 3.69. The number of carboxylic acid groups (broad SMARTS) is 1. The Morgan fingerprint density at radius 2 is 2.36 bits per heavy atom. The molecule has 1 heterocycles. The second-order valence-electron chi connectivity index (χ2n) is 3.45. The first-order chi connectivity index (χ1) is 6.75. The molecule has 0 spiro atoms. The molecule has 14 heavy (non-hydrogen) atoms. The molecule has 5 heteroatoms. The van der Waals surface area contributed by atoms with Gasteiger partial charge in [0.1, 0.15) is 6.04 Å². The van der Waals surface area contributed by atoms with Crippen molar-refractivity contribution in [3.63, 3.8) is 0 Å². The van der Waals surface area contributed by atoms with Crippen LogP contribution in [0.2, 0.25) is 0 Å². The fourth-order valence-electron chi connectivity index (χ4n) is 1.67. The fourth-order valence-corrected chi connectivity index (χ4v) is 1.67. The van der Waals surface area contributed by atoms with Crippen LogP contribution < -0.4 is 5.32 Å². The molecule has 1 rings (SSSR count). The van der Waals surface area contributed by atoms with Gasteiger partial charge in [-0.15, -0.1) is 0 Å². The number of aliphatic carboxylic acids is 1. The van der Waals surface area contributed by atoms with Gasteiger partial charge in [-0.2, -0.15) is 0 Å². The van der Waals surface area contributed by atoms with Gasteiger partial charge in [0, 0.05) is 26.7 Å². The Morgan fingerprint density at radius 1 is 1.57 bits per heavy atom. The Balaban J connectivity index is 2.51. The molecule has 0 aromatic rings. The van der Waals surface area contributed by atoms with Crippen molar-refractivity contribution in [1.82, 2.24) is 10.2 Å². The van der Waals surface area contributed by atoms with E-state index in [0.29, 0.717) is 0 Å². The van der Waals surface area contributed by atoms with E-state index in [4.69, 9.17) is 9.84 Å². The average Bonchev–Trinajstić information content (AvgIpc) is 2.41. The Bertz CT molecular complexity index is 179. The Kier molecular flexibility index (Phi) is 4.86. The van der Waals surface area contributed by atoms with Crippen LogP contribution in [0, 0.1) is 0 Å². The van der Waals surface area contributed by atoms with Crippen molar-refractivity contribution in [3.8, 4) is 0 Å². The lowest BCUT2D eigenvalue weighted by Gasteiger charge is -2.26. The van der Waals surface area contributed by atoms with E-state index in [2.05, 4.69) is 5.32 Å². The fraction of sp³-hybridized carbons (Fsp3) is 0.889. The minimum atomic E-state index is -0.797. The average molecular weight is 202 g/mol. The number of ether oxygens (including phenoxy) is 1. The van der Waals surface area contributed by atoms with Gasteiger partial charge in [0.05, 0.1) is 6.61 Å². The highest BCUT2D eigenvalue weighted by molar-refractivity contribution is 5.73. The number of carbonyl (C=O) groups is 1. The topological polar surface area (TPSA) is 61.8 Å². The SMILES string of the molecule is COCC(C(=O)O)N1CCCNCC1. The summed E-state index contributed by atoms with van der Waals surface area (Å²) < 4.78 is 4.92. The zero-order valence-electron chi connectivity index (χ0n) is 8.53. The smallest absolute Gasteiger partial charge is 0.323 e. The zero-order chi connectivity index (χ0) is 10.4. The van der Waals surface area contributed by atoms with Crippen molar-refractivity contribution < 1.29 is 14.6 Å². The monoisotopic (exact) mass is 202 g/mol. The van der Waals surface area contributed by atoms with Gasteiger partial charge >= 0.3 is 5.97 Å². The molecule has 0 bridgehead atoms. The molecule has 1 aliphatic heterocycles. The standard InChI is InChI=1S/C9H18N2O3/c1-14-7-8(9(12)13)11-5-2-3-10-4-6-11/h8,10H,2-7H2,1H3,(H,12,13). The van der Waals surface area contributed by atoms with Crippen LogP contribution >= 0.6 is 0 Å². The molecule has 0 amide bonds. The van der Waals surface area contributed by atoms with Crippen LogP contribution in [0.1, 0.15) is 6.42 Å². The summed E-state index contributed by atoms with van der Waals surface area (Å²) in [6, 6.07) is -0.500. The molecule has 5 nitrogen and oxygen atoms in total. The zero-order valence-corrected chi connectivity index (χ0v) is 8.53. The molecular weight excluding hydrogens is 184 g/mol. The van der Waals surface area contributed by atoms with Crippen molar-refractivity contribution in [1.29, 1.82) is 0 Å². The second-order valence-corrected chi connectivity index (χ2v) is 3.45. The molecule has 0 radical (unpaired) electrons. The van der Waals surface area contributed by atoms with E-state index in [-0.39, 0.29) is 6.61 Å². The molecule has 0 saturated carbocycles. The van der Waals surface area contributed by atoms with Gasteiger partial charge in [-0.25, -0.2) is 0 Å². The van der Waals surface area contributed by atoms with Gasteiger partial charge in [0.15, 0.2) is 0 Å². The lowest BCUT2D eigenvalue weighted by molar-refractivity contribution is -0.145. The highest BCUT2D eigenvalue weighted by Crippen LogP contribution is 2.03. The van der Waals surface area contributed by atoms with Gasteiger partial charge in [0.2, 0.25) is 0 Å². The summed E-state index contributed by atoms with van der Waals surface area (Å²) in [7, 11) is 1.53. The summed E-state index contributed by atoms with van der Waals surface area (Å²) >= 11 is 0. The molecule has 1 aliphatic rings. The third-order valence-electron chi connectivity index (χ3n) is 2.43. The highest BCUT2D eigenvalue weighted by Gasteiger charge is 2.25. The number of methoxy groups -OCH3 is 1. The van der Waals surface area contributed by atoms with Crippen LogP contribution in [-0.2, 0) is 9.53 Å². The van der Waals surface area contributed by atoms with E-state index < -0.39 is 12.0 Å². The molecule has 1 atom stereocenters. The maximum absolute atomic E-state index is 11.0. The third-order valence-corrected chi connectivity index (χ3v) is 2.43. The van der Waals surface area contributed by atoms with E-state index in [1.807, 2.05) is 4.90 Å². The summed E-state index contributed by atoms with van der Waals surface area (Å²) in [5, 5.41) is 12.2. The molecule has 0 aromatic carbocycles. The lowest BCUT2D eigenvalue weighted by atomic mass is 10.2. The maximum atomic E-state index is 11.0. The number of nitrogens with zero attached hydrogens (tertiary/aromatic N) is 1. The van der Waals surface area contributed by atoms with Crippen molar-refractivity contribution in [2.24, 2.45) is 0 Å². The molecular formula is C9H18N2O3. The molecule has 1 saturated heterocycles. The van der Waals surface area contributed by atoms with E-state index in [1.54, 1.807) is 0 Å². The molecule has 0 aliphatic carbocycles. The van der Waals surface area contributed by atoms with Crippen LogP contribution in [-0.4, -0.2) is 61.9 Å². The number of rotatable bonds is 4. The minimum absolute atomic E-state index is 0.259.